The van der Waals surface area contributed by atoms with E-state index in [2.05, 4.69) is 20.2 Å². The van der Waals surface area contributed by atoms with Gasteiger partial charge in [-0.2, -0.15) is 0 Å². The number of amides is 1. The molecule has 1 aliphatic heterocycles. The first kappa shape index (κ1) is 15.7. The Morgan fingerprint density at radius 1 is 1.48 bits per heavy atom. The molecule has 0 unspecified atom stereocenters. The molecule has 0 saturated carbocycles. The van der Waals surface area contributed by atoms with E-state index in [1.807, 2.05) is 20.8 Å². The molecule has 1 aromatic heterocycles. The highest BCUT2D eigenvalue weighted by atomic mass is 16.6. The van der Waals surface area contributed by atoms with Crippen LogP contribution in [0.1, 0.15) is 32.9 Å². The molecule has 1 fully saturated rings. The highest BCUT2D eigenvalue weighted by molar-refractivity contribution is 5.67. The summed E-state index contributed by atoms with van der Waals surface area (Å²) in [5.74, 6) is 0.467. The van der Waals surface area contributed by atoms with Crippen LogP contribution in [-0.2, 0) is 11.3 Å². The summed E-state index contributed by atoms with van der Waals surface area (Å²) in [6.07, 6.45) is 5.94. The number of nitrogens with one attached hydrogen (secondary N) is 1. The summed E-state index contributed by atoms with van der Waals surface area (Å²) >= 11 is 0. The van der Waals surface area contributed by atoms with Crippen LogP contribution in [-0.4, -0.2) is 46.2 Å². The molecule has 1 atom stereocenters. The summed E-state index contributed by atoms with van der Waals surface area (Å²) in [5, 5.41) is 2.85. The maximum atomic E-state index is 11.6. The Morgan fingerprint density at radius 3 is 2.95 bits per heavy atom. The second-order valence-electron chi connectivity index (χ2n) is 6.47. The van der Waals surface area contributed by atoms with Crippen molar-refractivity contribution in [2.45, 2.75) is 39.3 Å². The van der Waals surface area contributed by atoms with Gasteiger partial charge in [0.05, 0.1) is 5.69 Å². The predicted octanol–water partition coefficient (Wildman–Crippen LogP) is 1.82. The first-order valence-electron chi connectivity index (χ1n) is 7.36. The van der Waals surface area contributed by atoms with Crippen molar-refractivity contribution >= 4 is 6.09 Å². The lowest BCUT2D eigenvalue weighted by Crippen LogP contribution is -2.36. The van der Waals surface area contributed by atoms with Crippen LogP contribution in [0.5, 0.6) is 0 Å². The minimum Gasteiger partial charge on any atom is -0.444 e. The first-order valence-corrected chi connectivity index (χ1v) is 7.36. The van der Waals surface area contributed by atoms with Crippen molar-refractivity contribution in [3.05, 3.63) is 24.3 Å². The van der Waals surface area contributed by atoms with E-state index >= 15 is 0 Å². The minimum atomic E-state index is -0.447. The van der Waals surface area contributed by atoms with Gasteiger partial charge < -0.3 is 10.1 Å². The Hall–Kier alpha value is -1.69. The number of hydrogen-bond donors (Lipinski definition) is 1. The first-order chi connectivity index (χ1) is 9.92. The van der Waals surface area contributed by atoms with Crippen LogP contribution in [0.25, 0.3) is 0 Å². The van der Waals surface area contributed by atoms with Crippen molar-refractivity contribution in [1.29, 1.82) is 0 Å². The normalized spacial score (nSPS) is 19.5. The quantitative estimate of drug-likeness (QED) is 0.917. The average molecular weight is 292 g/mol. The Balaban J connectivity index is 1.69. The fourth-order valence-electron chi connectivity index (χ4n) is 2.41. The molecule has 6 heteroatoms. The average Bonchev–Trinajstić information content (AvgIpc) is 2.83. The van der Waals surface area contributed by atoms with Gasteiger partial charge in [-0.3, -0.25) is 14.9 Å². The summed E-state index contributed by atoms with van der Waals surface area (Å²) in [6, 6.07) is 0. The topological polar surface area (TPSA) is 67.3 Å². The molecule has 1 aromatic rings. The van der Waals surface area contributed by atoms with Gasteiger partial charge in [0, 0.05) is 38.2 Å². The van der Waals surface area contributed by atoms with Crippen molar-refractivity contribution in [1.82, 2.24) is 20.2 Å². The SMILES string of the molecule is CC(C)(C)OC(=O)NC[C@H]1CCN(Cc2cnccn2)C1. The number of carbonyl (C=O) groups is 1. The Kier molecular flexibility index (Phi) is 5.12. The van der Waals surface area contributed by atoms with Crippen molar-refractivity contribution in [2.24, 2.45) is 5.92 Å². The fourth-order valence-corrected chi connectivity index (χ4v) is 2.41. The van der Waals surface area contributed by atoms with E-state index in [9.17, 15) is 4.79 Å². The number of nitrogens with zero attached hydrogens (tertiary/aromatic N) is 3. The third-order valence-electron chi connectivity index (χ3n) is 3.31. The Labute approximate surface area is 125 Å². The minimum absolute atomic E-state index is 0.338. The van der Waals surface area contributed by atoms with Gasteiger partial charge >= 0.3 is 6.09 Å². The highest BCUT2D eigenvalue weighted by Crippen LogP contribution is 2.17. The van der Waals surface area contributed by atoms with Crippen molar-refractivity contribution in [3.8, 4) is 0 Å². The van der Waals surface area contributed by atoms with Gasteiger partial charge in [0.1, 0.15) is 5.60 Å². The molecule has 1 saturated heterocycles. The molecule has 0 bridgehead atoms. The summed E-state index contributed by atoms with van der Waals surface area (Å²) in [5.41, 5.74) is 0.538. The lowest BCUT2D eigenvalue weighted by atomic mass is 10.1. The molecule has 1 amide bonds. The number of aromatic nitrogens is 2. The smallest absolute Gasteiger partial charge is 0.407 e. The van der Waals surface area contributed by atoms with E-state index in [-0.39, 0.29) is 6.09 Å². The lowest BCUT2D eigenvalue weighted by molar-refractivity contribution is 0.0519. The molecule has 1 aliphatic rings. The molecule has 1 N–H and O–H groups in total. The molecule has 6 nitrogen and oxygen atoms in total. The van der Waals surface area contributed by atoms with Crippen LogP contribution in [0.2, 0.25) is 0 Å². The van der Waals surface area contributed by atoms with E-state index in [1.165, 1.54) is 0 Å². The zero-order valence-corrected chi connectivity index (χ0v) is 13.0. The highest BCUT2D eigenvalue weighted by Gasteiger charge is 2.24. The van der Waals surface area contributed by atoms with Crippen molar-refractivity contribution in [2.75, 3.05) is 19.6 Å². The fraction of sp³-hybridized carbons (Fsp3) is 0.667. The summed E-state index contributed by atoms with van der Waals surface area (Å²) in [4.78, 5) is 22.3. The van der Waals surface area contributed by atoms with Crippen LogP contribution in [0.3, 0.4) is 0 Å². The van der Waals surface area contributed by atoms with Crippen LogP contribution >= 0.6 is 0 Å². The number of ether oxygens (including phenoxy) is 1. The predicted molar refractivity (Wildman–Crippen MR) is 79.7 cm³/mol. The summed E-state index contributed by atoms with van der Waals surface area (Å²) in [7, 11) is 0. The third kappa shape index (κ3) is 5.67. The standard InChI is InChI=1S/C15H24N4O2/c1-15(2,3)21-14(20)18-8-12-4-7-19(10-12)11-13-9-16-5-6-17-13/h5-6,9,12H,4,7-8,10-11H2,1-3H3,(H,18,20)/t12-/m1/s1. The number of rotatable bonds is 4. The van der Waals surface area contributed by atoms with Gasteiger partial charge in [0.25, 0.3) is 0 Å². The third-order valence-corrected chi connectivity index (χ3v) is 3.31. The number of likely N-dealkylation sites (tertiary alicyclic amines) is 1. The van der Waals surface area contributed by atoms with Crippen LogP contribution in [0.4, 0.5) is 4.79 Å². The summed E-state index contributed by atoms with van der Waals surface area (Å²) in [6.45, 7) is 9.06. The molecule has 21 heavy (non-hydrogen) atoms. The molecule has 2 heterocycles. The maximum absolute atomic E-state index is 11.6. The zero-order chi connectivity index (χ0) is 15.3. The maximum Gasteiger partial charge on any atom is 0.407 e. The number of alkyl carbamates (subject to hydrolysis) is 1. The van der Waals surface area contributed by atoms with Gasteiger partial charge in [0.15, 0.2) is 0 Å². The van der Waals surface area contributed by atoms with Crippen molar-refractivity contribution < 1.29 is 9.53 Å². The van der Waals surface area contributed by atoms with Gasteiger partial charge in [-0.05, 0) is 39.7 Å². The molecule has 0 aliphatic carbocycles. The van der Waals surface area contributed by atoms with Crippen molar-refractivity contribution in [3.63, 3.8) is 0 Å². The molecule has 0 radical (unpaired) electrons. The van der Waals surface area contributed by atoms with Crippen LogP contribution in [0.15, 0.2) is 18.6 Å². The molecule has 2 rings (SSSR count). The second-order valence-corrected chi connectivity index (χ2v) is 6.47. The molecule has 116 valence electrons. The van der Waals surface area contributed by atoms with Gasteiger partial charge in [-0.15, -0.1) is 0 Å². The summed E-state index contributed by atoms with van der Waals surface area (Å²) < 4.78 is 5.24. The molecule has 0 aromatic carbocycles. The van der Waals surface area contributed by atoms with Gasteiger partial charge in [0.2, 0.25) is 0 Å². The molecular formula is C15H24N4O2. The Morgan fingerprint density at radius 2 is 2.29 bits per heavy atom. The van der Waals surface area contributed by atoms with Crippen LogP contribution in [0, 0.1) is 5.92 Å². The van der Waals surface area contributed by atoms with Gasteiger partial charge in [-0.25, -0.2) is 4.79 Å². The van der Waals surface area contributed by atoms with E-state index in [1.54, 1.807) is 18.6 Å². The Bertz CT molecular complexity index is 458. The monoisotopic (exact) mass is 292 g/mol. The number of carbonyl (C=O) groups excluding carboxylic acids is 1. The second kappa shape index (κ2) is 6.85. The molecular weight excluding hydrogens is 268 g/mol. The van der Waals surface area contributed by atoms with E-state index in [0.29, 0.717) is 12.5 Å². The van der Waals surface area contributed by atoms with E-state index in [4.69, 9.17) is 4.74 Å². The van der Waals surface area contributed by atoms with E-state index in [0.717, 1.165) is 31.7 Å². The zero-order valence-electron chi connectivity index (χ0n) is 13.0. The van der Waals surface area contributed by atoms with E-state index < -0.39 is 5.60 Å². The van der Waals surface area contributed by atoms with Gasteiger partial charge in [-0.1, -0.05) is 0 Å². The lowest BCUT2D eigenvalue weighted by Gasteiger charge is -2.20. The largest absolute Gasteiger partial charge is 0.444 e. The van der Waals surface area contributed by atoms with Crippen LogP contribution < -0.4 is 5.32 Å². The number of hydrogen-bond acceptors (Lipinski definition) is 5. The molecule has 0 spiro atoms.